The van der Waals surface area contributed by atoms with Gasteiger partial charge in [0.1, 0.15) is 4.75 Å². The summed E-state index contributed by atoms with van der Waals surface area (Å²) in [6.07, 6.45) is 1.88. The molecule has 2 atom stereocenters. The van der Waals surface area contributed by atoms with E-state index in [-0.39, 0.29) is 10.8 Å². The van der Waals surface area contributed by atoms with Crippen LogP contribution in [-0.2, 0) is 16.1 Å². The maximum absolute atomic E-state index is 12.1. The van der Waals surface area contributed by atoms with Crippen molar-refractivity contribution in [2.45, 2.75) is 38.5 Å². The predicted molar refractivity (Wildman–Crippen MR) is 84.6 cm³/mol. The summed E-state index contributed by atoms with van der Waals surface area (Å²) in [6.45, 7) is 11.2. The van der Waals surface area contributed by atoms with Crippen LogP contribution in [0.25, 0.3) is 0 Å². The molecule has 2 heterocycles. The second kappa shape index (κ2) is 6.62. The van der Waals surface area contributed by atoms with Crippen LogP contribution in [0.3, 0.4) is 0 Å². The number of hydrogen-bond donors (Lipinski definition) is 1. The molecular formula is C13H23N3O2S2. The third-order valence-corrected chi connectivity index (χ3v) is 5.98. The molecule has 1 aromatic heterocycles. The Morgan fingerprint density at radius 1 is 1.45 bits per heavy atom. The van der Waals surface area contributed by atoms with E-state index in [0.29, 0.717) is 0 Å². The zero-order chi connectivity index (χ0) is 14.8. The van der Waals surface area contributed by atoms with Gasteiger partial charge < -0.3 is 14.2 Å². The smallest absolute Gasteiger partial charge is 0.185 e. The van der Waals surface area contributed by atoms with Crippen LogP contribution in [0, 0.1) is 0 Å². The average molecular weight is 317 g/mol. The molecule has 1 aliphatic rings. The van der Waals surface area contributed by atoms with Gasteiger partial charge >= 0.3 is 0 Å². The molecular weight excluding hydrogens is 294 g/mol. The monoisotopic (exact) mass is 317 g/mol. The normalized spacial score (nSPS) is 19.9. The molecule has 5 nitrogen and oxygen atoms in total. The van der Waals surface area contributed by atoms with Crippen molar-refractivity contribution >= 4 is 27.8 Å². The molecule has 1 aliphatic heterocycles. The quantitative estimate of drug-likeness (QED) is 0.862. The average Bonchev–Trinajstić information content (AvgIpc) is 2.88. The first kappa shape index (κ1) is 16.0. The molecule has 7 heteroatoms. The van der Waals surface area contributed by atoms with E-state index in [1.165, 1.54) is 0 Å². The highest BCUT2D eigenvalue weighted by molar-refractivity contribution is 7.90. The molecule has 114 valence electrons. The topological polar surface area (TPSA) is 60.5 Å². The van der Waals surface area contributed by atoms with E-state index in [0.717, 1.165) is 36.3 Å². The van der Waals surface area contributed by atoms with Crippen molar-refractivity contribution in [2.75, 3.05) is 31.2 Å². The van der Waals surface area contributed by atoms with Crippen molar-refractivity contribution in [3.63, 3.8) is 0 Å². The second-order valence-electron chi connectivity index (χ2n) is 5.87. The van der Waals surface area contributed by atoms with Gasteiger partial charge in [0.15, 0.2) is 5.13 Å². The summed E-state index contributed by atoms with van der Waals surface area (Å²) in [6, 6.07) is 0.0438. The van der Waals surface area contributed by atoms with Gasteiger partial charge in [-0.1, -0.05) is 0 Å². The van der Waals surface area contributed by atoms with Gasteiger partial charge in [0.25, 0.3) is 0 Å². The molecule has 0 aromatic carbocycles. The van der Waals surface area contributed by atoms with Crippen molar-refractivity contribution in [3.8, 4) is 0 Å². The van der Waals surface area contributed by atoms with Crippen LogP contribution in [0.4, 0.5) is 5.13 Å². The van der Waals surface area contributed by atoms with Crippen molar-refractivity contribution in [2.24, 2.45) is 0 Å². The van der Waals surface area contributed by atoms with Crippen molar-refractivity contribution < 1.29 is 9.29 Å². The van der Waals surface area contributed by atoms with Crippen LogP contribution >= 0.6 is 11.3 Å². The minimum absolute atomic E-state index is 0.0438. The summed E-state index contributed by atoms with van der Waals surface area (Å²) < 4.78 is 20.4. The van der Waals surface area contributed by atoms with Crippen LogP contribution in [0.2, 0.25) is 0 Å². The number of nitrogens with zero attached hydrogens (tertiary/aromatic N) is 2. The molecule has 1 unspecified atom stereocenters. The van der Waals surface area contributed by atoms with E-state index in [1.807, 2.05) is 33.9 Å². The Hall–Kier alpha value is -0.340. The molecule has 0 radical (unpaired) electrons. The predicted octanol–water partition coefficient (Wildman–Crippen LogP) is 2.09. The Bertz CT molecular complexity index is 427. The summed E-state index contributed by atoms with van der Waals surface area (Å²) in [5.41, 5.74) is 0. The number of anilines is 1. The standard InChI is InChI=1S/C13H23N3O2S2/c1-10(15-20(17)13(2,3)4)11-9-14-12(19-11)16-5-7-18-8-6-16/h9-10,15H,5-8H2,1-4H3/t10-,20?/m0/s1. The number of thiazole rings is 1. The van der Waals surface area contributed by atoms with E-state index < -0.39 is 11.4 Å². The fourth-order valence-electron chi connectivity index (χ4n) is 1.77. The summed E-state index contributed by atoms with van der Waals surface area (Å²) in [7, 11) is 0. The number of morpholine rings is 1. The Labute approximate surface area is 128 Å². The van der Waals surface area contributed by atoms with Gasteiger partial charge in [0, 0.05) is 35.5 Å². The largest absolute Gasteiger partial charge is 0.598 e. The third kappa shape index (κ3) is 4.08. The molecule has 1 fully saturated rings. The van der Waals surface area contributed by atoms with Crippen molar-refractivity contribution in [1.82, 2.24) is 9.71 Å². The van der Waals surface area contributed by atoms with Crippen LogP contribution in [0.15, 0.2) is 6.20 Å². The molecule has 1 aromatic rings. The summed E-state index contributed by atoms with van der Waals surface area (Å²) in [4.78, 5) is 7.84. The first-order chi connectivity index (χ1) is 9.38. The lowest BCUT2D eigenvalue weighted by Crippen LogP contribution is -2.40. The number of nitrogens with one attached hydrogen (secondary N) is 1. The molecule has 0 amide bonds. The van der Waals surface area contributed by atoms with Gasteiger partial charge in [-0.15, -0.1) is 16.1 Å². The SMILES string of the molecule is C[C@H](N[S+]([O-])C(C)(C)C)c1cnc(N2CCOCC2)s1. The van der Waals surface area contributed by atoms with E-state index in [1.54, 1.807) is 11.3 Å². The van der Waals surface area contributed by atoms with Gasteiger partial charge in [-0.3, -0.25) is 0 Å². The summed E-state index contributed by atoms with van der Waals surface area (Å²) >= 11 is 0.594. The fraction of sp³-hybridized carbons (Fsp3) is 0.769. The summed E-state index contributed by atoms with van der Waals surface area (Å²) in [5.74, 6) is 0. The molecule has 0 bridgehead atoms. The first-order valence-corrected chi connectivity index (χ1v) is 8.81. The highest BCUT2D eigenvalue weighted by Crippen LogP contribution is 2.29. The van der Waals surface area contributed by atoms with Crippen molar-refractivity contribution in [1.29, 1.82) is 0 Å². The Morgan fingerprint density at radius 2 is 2.10 bits per heavy atom. The molecule has 1 saturated heterocycles. The molecule has 0 spiro atoms. The Morgan fingerprint density at radius 3 is 2.70 bits per heavy atom. The third-order valence-electron chi connectivity index (χ3n) is 3.06. The summed E-state index contributed by atoms with van der Waals surface area (Å²) in [5, 5.41) is 1.03. The molecule has 0 saturated carbocycles. The number of aromatic nitrogens is 1. The van der Waals surface area contributed by atoms with Crippen LogP contribution in [0.5, 0.6) is 0 Å². The molecule has 1 N–H and O–H groups in total. The minimum Gasteiger partial charge on any atom is -0.598 e. The number of hydrogen-bond acceptors (Lipinski definition) is 6. The van der Waals surface area contributed by atoms with Gasteiger partial charge in [0.05, 0.1) is 19.3 Å². The van der Waals surface area contributed by atoms with Crippen LogP contribution in [0.1, 0.15) is 38.6 Å². The highest BCUT2D eigenvalue weighted by atomic mass is 32.2. The molecule has 0 aliphatic carbocycles. The number of ether oxygens (including phenoxy) is 1. The Balaban J connectivity index is 1.97. The van der Waals surface area contributed by atoms with E-state index >= 15 is 0 Å². The van der Waals surface area contributed by atoms with Crippen LogP contribution in [-0.4, -0.2) is 40.6 Å². The number of rotatable bonds is 4. The Kier molecular flexibility index (Phi) is 5.30. The first-order valence-electron chi connectivity index (χ1n) is 6.84. The minimum atomic E-state index is -1.07. The van der Waals surface area contributed by atoms with E-state index in [2.05, 4.69) is 14.6 Å². The fourth-order valence-corrected chi connectivity index (χ4v) is 3.62. The van der Waals surface area contributed by atoms with Gasteiger partial charge in [-0.2, -0.15) is 0 Å². The van der Waals surface area contributed by atoms with Crippen molar-refractivity contribution in [3.05, 3.63) is 11.1 Å². The van der Waals surface area contributed by atoms with E-state index in [9.17, 15) is 4.55 Å². The van der Waals surface area contributed by atoms with E-state index in [4.69, 9.17) is 4.74 Å². The maximum Gasteiger partial charge on any atom is 0.185 e. The highest BCUT2D eigenvalue weighted by Gasteiger charge is 2.29. The lowest BCUT2D eigenvalue weighted by molar-refractivity contribution is 0.122. The molecule has 20 heavy (non-hydrogen) atoms. The lowest BCUT2D eigenvalue weighted by Gasteiger charge is -2.26. The van der Waals surface area contributed by atoms with Gasteiger partial charge in [0.2, 0.25) is 0 Å². The van der Waals surface area contributed by atoms with Crippen LogP contribution < -0.4 is 9.62 Å². The molecule has 2 rings (SSSR count). The van der Waals surface area contributed by atoms with Gasteiger partial charge in [-0.25, -0.2) is 4.98 Å². The zero-order valence-electron chi connectivity index (χ0n) is 12.5. The van der Waals surface area contributed by atoms with Gasteiger partial charge in [-0.05, 0) is 27.7 Å². The lowest BCUT2D eigenvalue weighted by atomic mass is 10.3. The maximum atomic E-state index is 12.1. The second-order valence-corrected chi connectivity index (χ2v) is 8.90. The zero-order valence-corrected chi connectivity index (χ0v) is 14.1.